The summed E-state index contributed by atoms with van der Waals surface area (Å²) in [6.45, 7) is 4.76. The van der Waals surface area contributed by atoms with E-state index in [0.29, 0.717) is 13.2 Å². The molecule has 0 fully saturated rings. The van der Waals surface area contributed by atoms with Crippen molar-refractivity contribution in [1.82, 2.24) is 0 Å². The van der Waals surface area contributed by atoms with Gasteiger partial charge in [-0.2, -0.15) is 4.57 Å². The van der Waals surface area contributed by atoms with Gasteiger partial charge in [0.1, 0.15) is 5.25 Å². The summed E-state index contributed by atoms with van der Waals surface area (Å²) in [5, 5.41) is 12.5. The van der Waals surface area contributed by atoms with E-state index in [0.717, 1.165) is 10.6 Å². The van der Waals surface area contributed by atoms with E-state index in [-0.39, 0.29) is 5.25 Å². The maximum atomic E-state index is 11.7. The Balaban J connectivity index is 2.09. The summed E-state index contributed by atoms with van der Waals surface area (Å²) in [6, 6.07) is 15.9. The minimum absolute atomic E-state index is 0.200. The molecule has 1 aliphatic heterocycles. The number of ether oxygens (including phenoxy) is 2. The van der Waals surface area contributed by atoms with Gasteiger partial charge in [0.25, 0.3) is 6.29 Å². The molecule has 0 aliphatic carbocycles. The van der Waals surface area contributed by atoms with E-state index in [9.17, 15) is 5.11 Å². The van der Waals surface area contributed by atoms with Crippen molar-refractivity contribution in [3.8, 4) is 0 Å². The lowest BCUT2D eigenvalue weighted by Gasteiger charge is -2.31. The Bertz CT molecular complexity index is 646. The molecule has 0 bridgehead atoms. The largest absolute Gasteiger partial charge is 0.345 e. The number of pyridine rings is 1. The molecule has 0 saturated heterocycles. The molecule has 0 saturated carbocycles. The van der Waals surface area contributed by atoms with Gasteiger partial charge in [0.15, 0.2) is 6.20 Å². The predicted molar refractivity (Wildman–Crippen MR) is 88.9 cm³/mol. The third kappa shape index (κ3) is 2.90. The topological polar surface area (TPSA) is 42.6 Å². The highest BCUT2D eigenvalue weighted by atomic mass is 32.2. The smallest absolute Gasteiger partial charge is 0.339 e. The van der Waals surface area contributed by atoms with Gasteiger partial charge in [-0.25, -0.2) is 0 Å². The van der Waals surface area contributed by atoms with Gasteiger partial charge in [0.2, 0.25) is 5.03 Å². The average Bonchev–Trinajstić information content (AvgIpc) is 2.90. The van der Waals surface area contributed by atoms with Gasteiger partial charge in [-0.1, -0.05) is 30.3 Å². The van der Waals surface area contributed by atoms with Gasteiger partial charge in [-0.3, -0.25) is 0 Å². The second-order valence-corrected chi connectivity index (χ2v) is 6.47. The minimum Gasteiger partial charge on any atom is -0.345 e. The molecule has 1 N–H and O–H groups in total. The zero-order valence-corrected chi connectivity index (χ0v) is 14.2. The van der Waals surface area contributed by atoms with Crippen LogP contribution >= 0.6 is 11.8 Å². The summed E-state index contributed by atoms with van der Waals surface area (Å²) in [4.78, 5) is 0. The fraction of sp³-hybridized carbons (Fsp3) is 0.389. The zero-order chi connectivity index (χ0) is 16.3. The van der Waals surface area contributed by atoms with Crippen molar-refractivity contribution in [3.63, 3.8) is 0 Å². The van der Waals surface area contributed by atoms with E-state index < -0.39 is 12.0 Å². The molecule has 1 aromatic carbocycles. The number of benzene rings is 1. The fourth-order valence-electron chi connectivity index (χ4n) is 2.93. The molecule has 0 radical (unpaired) electrons. The number of fused-ring (bicyclic) bond motifs is 1. The van der Waals surface area contributed by atoms with E-state index in [1.165, 1.54) is 0 Å². The standard InChI is InChI=1S/C18H22NO3S/c1-3-21-17(22-4-2)18(20)16(14-10-6-5-7-11-14)23-15-12-8-9-13-19(15)18/h5-13,16-17,20H,3-4H2,1-2H3/q+1. The van der Waals surface area contributed by atoms with Crippen molar-refractivity contribution in [2.24, 2.45) is 0 Å². The SMILES string of the molecule is CCOC(OCC)C1(O)C(c2ccccc2)Sc2cccc[n+]21. The Labute approximate surface area is 141 Å². The molecular formula is C18H22NO3S+. The number of rotatable bonds is 6. The van der Waals surface area contributed by atoms with Crippen LogP contribution in [0.25, 0.3) is 0 Å². The van der Waals surface area contributed by atoms with Crippen LogP contribution in [0.15, 0.2) is 59.8 Å². The lowest BCUT2D eigenvalue weighted by Crippen LogP contribution is -2.64. The first kappa shape index (κ1) is 16.5. The van der Waals surface area contributed by atoms with Crippen LogP contribution in [0.5, 0.6) is 0 Å². The third-order valence-corrected chi connectivity index (χ3v) is 5.35. The van der Waals surface area contributed by atoms with Crippen LogP contribution in [0.4, 0.5) is 0 Å². The van der Waals surface area contributed by atoms with Crippen molar-refractivity contribution >= 4 is 11.8 Å². The average molecular weight is 332 g/mol. The molecule has 5 heteroatoms. The number of hydrogen-bond acceptors (Lipinski definition) is 4. The molecule has 2 aromatic rings. The molecule has 0 spiro atoms. The summed E-state index contributed by atoms with van der Waals surface area (Å²) >= 11 is 1.63. The second-order valence-electron chi connectivity index (χ2n) is 5.34. The van der Waals surface area contributed by atoms with Crippen LogP contribution in [0.1, 0.15) is 24.7 Å². The normalized spacial score (nSPS) is 23.2. The quantitative estimate of drug-likeness (QED) is 0.652. The highest BCUT2D eigenvalue weighted by molar-refractivity contribution is 7.99. The number of thioether (sulfide) groups is 1. The van der Waals surface area contributed by atoms with E-state index in [4.69, 9.17) is 9.47 Å². The van der Waals surface area contributed by atoms with Gasteiger partial charge < -0.3 is 14.6 Å². The predicted octanol–water partition coefficient (Wildman–Crippen LogP) is 2.87. The summed E-state index contributed by atoms with van der Waals surface area (Å²) in [7, 11) is 0. The molecule has 3 rings (SSSR count). The molecule has 1 aromatic heterocycles. The monoisotopic (exact) mass is 332 g/mol. The van der Waals surface area contributed by atoms with Crippen LogP contribution in [0.2, 0.25) is 0 Å². The van der Waals surface area contributed by atoms with Gasteiger partial charge in [0.05, 0.1) is 0 Å². The molecule has 122 valence electrons. The van der Waals surface area contributed by atoms with Crippen molar-refractivity contribution in [2.45, 2.75) is 36.1 Å². The summed E-state index contributed by atoms with van der Waals surface area (Å²) in [5.74, 6) is 0. The van der Waals surface area contributed by atoms with Gasteiger partial charge in [-0.15, -0.1) is 0 Å². The molecule has 4 nitrogen and oxygen atoms in total. The van der Waals surface area contributed by atoms with E-state index in [2.05, 4.69) is 0 Å². The van der Waals surface area contributed by atoms with Crippen molar-refractivity contribution in [1.29, 1.82) is 0 Å². The second kappa shape index (κ2) is 7.01. The van der Waals surface area contributed by atoms with E-state index in [1.807, 2.05) is 73.1 Å². The number of hydrogen-bond donors (Lipinski definition) is 1. The number of aliphatic hydroxyl groups is 1. The lowest BCUT2D eigenvalue weighted by molar-refractivity contribution is -0.845. The third-order valence-electron chi connectivity index (χ3n) is 3.92. The van der Waals surface area contributed by atoms with Crippen LogP contribution < -0.4 is 4.57 Å². The molecule has 1 aliphatic rings. The summed E-state index contributed by atoms with van der Waals surface area (Å²) in [5.41, 5.74) is -0.248. The maximum absolute atomic E-state index is 11.7. The van der Waals surface area contributed by atoms with Crippen molar-refractivity contribution in [3.05, 3.63) is 60.3 Å². The number of nitrogens with zero attached hydrogens (tertiary/aromatic N) is 1. The Kier molecular flexibility index (Phi) is 5.02. The molecule has 0 amide bonds. The first-order chi connectivity index (χ1) is 11.2. The minimum atomic E-state index is -1.30. The highest BCUT2D eigenvalue weighted by Crippen LogP contribution is 2.49. The van der Waals surface area contributed by atoms with Gasteiger partial charge in [0, 0.05) is 25.3 Å². The molecule has 2 unspecified atom stereocenters. The highest BCUT2D eigenvalue weighted by Gasteiger charge is 2.61. The first-order valence-electron chi connectivity index (χ1n) is 7.90. The number of aromatic nitrogens is 1. The Morgan fingerprint density at radius 3 is 2.39 bits per heavy atom. The zero-order valence-electron chi connectivity index (χ0n) is 13.4. The van der Waals surface area contributed by atoms with Crippen molar-refractivity contribution < 1.29 is 19.1 Å². The Hall–Kier alpha value is -1.40. The molecule has 2 heterocycles. The molecule has 2 atom stereocenters. The molecular weight excluding hydrogens is 310 g/mol. The first-order valence-corrected chi connectivity index (χ1v) is 8.78. The van der Waals surface area contributed by atoms with Crippen LogP contribution in [-0.2, 0) is 15.2 Å². The van der Waals surface area contributed by atoms with Gasteiger partial charge in [-0.05, 0) is 37.2 Å². The maximum Gasteiger partial charge on any atom is 0.339 e. The van der Waals surface area contributed by atoms with Crippen LogP contribution in [0, 0.1) is 0 Å². The van der Waals surface area contributed by atoms with Crippen LogP contribution in [0.3, 0.4) is 0 Å². The van der Waals surface area contributed by atoms with Crippen molar-refractivity contribution in [2.75, 3.05) is 13.2 Å². The lowest BCUT2D eigenvalue weighted by atomic mass is 10.0. The van der Waals surface area contributed by atoms with E-state index >= 15 is 0 Å². The summed E-state index contributed by atoms with van der Waals surface area (Å²) in [6.07, 6.45) is 1.15. The van der Waals surface area contributed by atoms with E-state index in [1.54, 1.807) is 11.8 Å². The Morgan fingerprint density at radius 2 is 1.74 bits per heavy atom. The fourth-order valence-corrected chi connectivity index (χ4v) is 4.34. The van der Waals surface area contributed by atoms with Gasteiger partial charge >= 0.3 is 5.72 Å². The molecule has 23 heavy (non-hydrogen) atoms. The van der Waals surface area contributed by atoms with Crippen LogP contribution in [-0.4, -0.2) is 24.6 Å². The Morgan fingerprint density at radius 1 is 1.09 bits per heavy atom. The summed E-state index contributed by atoms with van der Waals surface area (Å²) < 4.78 is 13.4.